The van der Waals surface area contributed by atoms with Crippen molar-refractivity contribution in [2.45, 2.75) is 77.7 Å². The fourth-order valence-corrected chi connectivity index (χ4v) is 2.75. The Bertz CT molecular complexity index is 243. The molecule has 1 aliphatic heterocycles. The fraction of sp³-hybridized carbons (Fsp3) is 0.938. The number of carbonyl (C=O) groups excluding carboxylic acids is 1. The molecular weight excluding hydrogens is 236 g/mol. The van der Waals surface area contributed by atoms with Gasteiger partial charge in [0, 0.05) is 12.5 Å². The number of hydrogen-bond donors (Lipinski definition) is 2. The Morgan fingerprint density at radius 2 is 1.84 bits per heavy atom. The SMILES string of the molecule is CCCCCCCCCC(=O)NC1CCNCC1C. The van der Waals surface area contributed by atoms with Gasteiger partial charge >= 0.3 is 0 Å². The van der Waals surface area contributed by atoms with Crippen molar-refractivity contribution in [3.05, 3.63) is 0 Å². The second-order valence-corrected chi connectivity index (χ2v) is 6.02. The van der Waals surface area contributed by atoms with E-state index in [1.165, 1.54) is 38.5 Å². The topological polar surface area (TPSA) is 41.1 Å². The number of carbonyl (C=O) groups is 1. The summed E-state index contributed by atoms with van der Waals surface area (Å²) in [4.78, 5) is 11.9. The zero-order valence-corrected chi connectivity index (χ0v) is 12.8. The van der Waals surface area contributed by atoms with E-state index in [1.54, 1.807) is 0 Å². The molecular formula is C16H32N2O. The van der Waals surface area contributed by atoms with Crippen LogP contribution in [0, 0.1) is 5.92 Å². The molecule has 1 fully saturated rings. The van der Waals surface area contributed by atoms with E-state index in [9.17, 15) is 4.79 Å². The average Bonchev–Trinajstić information content (AvgIpc) is 2.40. The molecule has 1 amide bonds. The van der Waals surface area contributed by atoms with Gasteiger partial charge in [0.05, 0.1) is 0 Å². The first-order chi connectivity index (χ1) is 9.24. The Morgan fingerprint density at radius 3 is 2.53 bits per heavy atom. The summed E-state index contributed by atoms with van der Waals surface area (Å²) in [6.45, 7) is 6.52. The van der Waals surface area contributed by atoms with Gasteiger partial charge in [-0.15, -0.1) is 0 Å². The molecule has 2 unspecified atom stereocenters. The molecule has 0 saturated carbocycles. The quantitative estimate of drug-likeness (QED) is 0.630. The van der Waals surface area contributed by atoms with Crippen LogP contribution in [0.1, 0.15) is 71.6 Å². The number of amides is 1. The van der Waals surface area contributed by atoms with Gasteiger partial charge in [-0.1, -0.05) is 52.4 Å². The Hall–Kier alpha value is -0.570. The summed E-state index contributed by atoms with van der Waals surface area (Å²) in [5.74, 6) is 0.819. The number of rotatable bonds is 9. The molecule has 0 aliphatic carbocycles. The van der Waals surface area contributed by atoms with Crippen molar-refractivity contribution in [2.24, 2.45) is 5.92 Å². The third-order valence-corrected chi connectivity index (χ3v) is 4.14. The minimum absolute atomic E-state index is 0.257. The standard InChI is InChI=1S/C16H32N2O/c1-3-4-5-6-7-8-9-10-16(19)18-15-11-12-17-13-14(15)2/h14-15,17H,3-13H2,1-2H3,(H,18,19). The lowest BCUT2D eigenvalue weighted by molar-refractivity contribution is -0.122. The second-order valence-electron chi connectivity index (χ2n) is 6.02. The molecule has 0 aromatic rings. The van der Waals surface area contributed by atoms with Crippen LogP contribution < -0.4 is 10.6 Å². The molecule has 1 heterocycles. The third-order valence-electron chi connectivity index (χ3n) is 4.14. The lowest BCUT2D eigenvalue weighted by atomic mass is 9.95. The molecule has 112 valence electrons. The van der Waals surface area contributed by atoms with Crippen LogP contribution in [0.4, 0.5) is 0 Å². The summed E-state index contributed by atoms with van der Waals surface area (Å²) >= 11 is 0. The summed E-state index contributed by atoms with van der Waals surface area (Å²) in [7, 11) is 0. The van der Waals surface area contributed by atoms with Gasteiger partial charge in [0.1, 0.15) is 0 Å². The maximum Gasteiger partial charge on any atom is 0.220 e. The van der Waals surface area contributed by atoms with Crippen molar-refractivity contribution in [1.82, 2.24) is 10.6 Å². The zero-order valence-electron chi connectivity index (χ0n) is 12.8. The van der Waals surface area contributed by atoms with Gasteiger partial charge in [0.25, 0.3) is 0 Å². The normalized spacial score (nSPS) is 23.3. The Morgan fingerprint density at radius 1 is 1.16 bits per heavy atom. The highest BCUT2D eigenvalue weighted by Gasteiger charge is 2.22. The maximum absolute atomic E-state index is 11.9. The number of unbranched alkanes of at least 4 members (excludes halogenated alkanes) is 6. The van der Waals surface area contributed by atoms with Crippen LogP contribution in [-0.2, 0) is 4.79 Å². The maximum atomic E-state index is 11.9. The van der Waals surface area contributed by atoms with Crippen LogP contribution in [0.25, 0.3) is 0 Å². The summed E-state index contributed by atoms with van der Waals surface area (Å²) in [6.07, 6.45) is 10.7. The van der Waals surface area contributed by atoms with E-state index in [1.807, 2.05) is 0 Å². The van der Waals surface area contributed by atoms with E-state index in [0.717, 1.165) is 25.9 Å². The van der Waals surface area contributed by atoms with Crippen LogP contribution in [0.3, 0.4) is 0 Å². The van der Waals surface area contributed by atoms with Gasteiger partial charge in [0.15, 0.2) is 0 Å². The van der Waals surface area contributed by atoms with Crippen LogP contribution in [0.5, 0.6) is 0 Å². The summed E-state index contributed by atoms with van der Waals surface area (Å²) in [5.41, 5.74) is 0. The Kier molecular flexibility index (Phi) is 8.89. The first kappa shape index (κ1) is 16.5. The van der Waals surface area contributed by atoms with Gasteiger partial charge in [0.2, 0.25) is 5.91 Å². The Labute approximate surface area is 118 Å². The van der Waals surface area contributed by atoms with Gasteiger partial charge in [-0.05, 0) is 31.8 Å². The first-order valence-corrected chi connectivity index (χ1v) is 8.24. The smallest absolute Gasteiger partial charge is 0.220 e. The first-order valence-electron chi connectivity index (χ1n) is 8.24. The van der Waals surface area contributed by atoms with E-state index in [4.69, 9.17) is 0 Å². The summed E-state index contributed by atoms with van der Waals surface area (Å²) < 4.78 is 0. The number of nitrogens with one attached hydrogen (secondary N) is 2. The third kappa shape index (κ3) is 7.56. The molecule has 1 rings (SSSR count). The molecule has 1 saturated heterocycles. The molecule has 2 N–H and O–H groups in total. The minimum Gasteiger partial charge on any atom is -0.353 e. The highest BCUT2D eigenvalue weighted by Crippen LogP contribution is 2.12. The van der Waals surface area contributed by atoms with E-state index >= 15 is 0 Å². The van der Waals surface area contributed by atoms with Crippen LogP contribution in [-0.4, -0.2) is 25.0 Å². The molecule has 0 aromatic carbocycles. The monoisotopic (exact) mass is 268 g/mol. The van der Waals surface area contributed by atoms with Crippen molar-refractivity contribution in [1.29, 1.82) is 0 Å². The van der Waals surface area contributed by atoms with E-state index in [0.29, 0.717) is 18.4 Å². The molecule has 2 atom stereocenters. The molecule has 0 bridgehead atoms. The predicted octanol–water partition coefficient (Wildman–Crippen LogP) is 3.24. The molecule has 0 aromatic heterocycles. The van der Waals surface area contributed by atoms with Crippen molar-refractivity contribution >= 4 is 5.91 Å². The lowest BCUT2D eigenvalue weighted by Gasteiger charge is -2.30. The zero-order chi connectivity index (χ0) is 13.9. The molecule has 0 radical (unpaired) electrons. The van der Waals surface area contributed by atoms with Crippen molar-refractivity contribution in [3.8, 4) is 0 Å². The second kappa shape index (κ2) is 10.2. The Balaban J connectivity index is 1.98. The van der Waals surface area contributed by atoms with Gasteiger partial charge < -0.3 is 10.6 Å². The average molecular weight is 268 g/mol. The van der Waals surface area contributed by atoms with Crippen LogP contribution >= 0.6 is 0 Å². The molecule has 0 spiro atoms. The van der Waals surface area contributed by atoms with Crippen LogP contribution in [0.15, 0.2) is 0 Å². The van der Waals surface area contributed by atoms with Gasteiger partial charge in [-0.2, -0.15) is 0 Å². The number of piperidine rings is 1. The van der Waals surface area contributed by atoms with E-state index in [-0.39, 0.29) is 5.91 Å². The molecule has 1 aliphatic rings. The molecule has 3 nitrogen and oxygen atoms in total. The summed E-state index contributed by atoms with van der Waals surface area (Å²) in [6, 6.07) is 0.387. The van der Waals surface area contributed by atoms with Crippen molar-refractivity contribution in [3.63, 3.8) is 0 Å². The largest absolute Gasteiger partial charge is 0.353 e. The minimum atomic E-state index is 0.257. The van der Waals surface area contributed by atoms with E-state index < -0.39 is 0 Å². The molecule has 3 heteroatoms. The van der Waals surface area contributed by atoms with Crippen molar-refractivity contribution < 1.29 is 4.79 Å². The van der Waals surface area contributed by atoms with E-state index in [2.05, 4.69) is 24.5 Å². The molecule has 19 heavy (non-hydrogen) atoms. The van der Waals surface area contributed by atoms with Gasteiger partial charge in [-0.3, -0.25) is 4.79 Å². The lowest BCUT2D eigenvalue weighted by Crippen LogP contribution is -2.48. The predicted molar refractivity (Wildman–Crippen MR) is 81.2 cm³/mol. The van der Waals surface area contributed by atoms with Crippen molar-refractivity contribution in [2.75, 3.05) is 13.1 Å². The van der Waals surface area contributed by atoms with Crippen LogP contribution in [0.2, 0.25) is 0 Å². The number of hydrogen-bond acceptors (Lipinski definition) is 2. The highest BCUT2D eigenvalue weighted by atomic mass is 16.1. The van der Waals surface area contributed by atoms with Gasteiger partial charge in [-0.25, -0.2) is 0 Å². The summed E-state index contributed by atoms with van der Waals surface area (Å²) in [5, 5.41) is 6.56. The fourth-order valence-electron chi connectivity index (χ4n) is 2.75. The highest BCUT2D eigenvalue weighted by molar-refractivity contribution is 5.76.